The van der Waals surface area contributed by atoms with Gasteiger partial charge in [-0.05, 0) is 6.92 Å². The van der Waals surface area contributed by atoms with Gasteiger partial charge in [0.1, 0.15) is 12.1 Å². The number of nitrogens with one attached hydrogen (secondary N) is 1. The smallest absolute Gasteiger partial charge is 0.330 e. The first-order valence-corrected chi connectivity index (χ1v) is 6.67. The van der Waals surface area contributed by atoms with Gasteiger partial charge in [-0.1, -0.05) is 0 Å². The summed E-state index contributed by atoms with van der Waals surface area (Å²) < 4.78 is 6.86. The number of fused-ring (bicyclic) bond motifs is 1. The van der Waals surface area contributed by atoms with Crippen LogP contribution in [0.2, 0.25) is 0 Å². The molecule has 0 radical (unpaired) electrons. The minimum absolute atomic E-state index is 0.0843. The number of ether oxygens (including phenoxy) is 1. The molecule has 22 heavy (non-hydrogen) atoms. The molecule has 1 aromatic rings. The molecule has 0 amide bonds. The van der Waals surface area contributed by atoms with Gasteiger partial charge in [0.2, 0.25) is 0 Å². The number of rotatable bonds is 2. The third kappa shape index (κ3) is 1.62. The highest BCUT2D eigenvalue weighted by Gasteiger charge is 2.72. The number of nitrogens with zero attached hydrogens (tertiary/aromatic N) is 3. The van der Waals surface area contributed by atoms with Gasteiger partial charge in [0.25, 0.3) is 5.56 Å². The number of aliphatic imine (C=N–C) groups is 1. The number of guanidine groups is 1. The van der Waals surface area contributed by atoms with Crippen LogP contribution in [0.3, 0.4) is 0 Å². The fourth-order valence-electron chi connectivity index (χ4n) is 3.07. The lowest BCUT2D eigenvalue weighted by Crippen LogP contribution is -2.76. The van der Waals surface area contributed by atoms with Crippen molar-refractivity contribution >= 4 is 5.96 Å². The van der Waals surface area contributed by atoms with Crippen LogP contribution in [0.1, 0.15) is 11.8 Å². The Morgan fingerprint density at radius 2 is 2.27 bits per heavy atom. The summed E-state index contributed by atoms with van der Waals surface area (Å²) in [7, 11) is 1.47. The number of hydrogen-bond acceptors (Lipinski definition) is 6. The van der Waals surface area contributed by atoms with Crippen molar-refractivity contribution in [3.63, 3.8) is 0 Å². The highest BCUT2D eigenvalue weighted by Crippen LogP contribution is 2.52. The summed E-state index contributed by atoms with van der Waals surface area (Å²) in [5, 5.41) is 19.8. The fraction of sp³-hybridized carbons (Fsp3) is 0.583. The predicted molar refractivity (Wildman–Crippen MR) is 75.2 cm³/mol. The lowest BCUT2D eigenvalue weighted by atomic mass is 9.88. The van der Waals surface area contributed by atoms with E-state index in [0.29, 0.717) is 5.56 Å². The lowest BCUT2D eigenvalue weighted by Gasteiger charge is -2.51. The van der Waals surface area contributed by atoms with Crippen molar-refractivity contribution in [2.45, 2.75) is 31.0 Å². The molecule has 3 aliphatic rings. The third-order valence-corrected chi connectivity index (χ3v) is 4.23. The van der Waals surface area contributed by atoms with Crippen molar-refractivity contribution in [1.29, 1.82) is 0 Å². The molecule has 10 heteroatoms. The summed E-state index contributed by atoms with van der Waals surface area (Å²) in [5.41, 5.74) is 3.52. The number of nitrogens with two attached hydrogens (primary N) is 1. The van der Waals surface area contributed by atoms with Crippen molar-refractivity contribution in [2.75, 3.05) is 13.7 Å². The maximum absolute atomic E-state index is 12.0. The van der Waals surface area contributed by atoms with Gasteiger partial charge in [-0.2, -0.15) is 0 Å². The zero-order valence-corrected chi connectivity index (χ0v) is 12.1. The molecule has 3 fully saturated rings. The average molecular weight is 311 g/mol. The Balaban J connectivity index is 2.08. The Labute approximate surface area is 124 Å². The van der Waals surface area contributed by atoms with Gasteiger partial charge in [0.15, 0.2) is 17.9 Å². The topological polar surface area (TPSA) is 146 Å². The van der Waals surface area contributed by atoms with Gasteiger partial charge in [-0.3, -0.25) is 24.2 Å². The minimum atomic E-state index is -1.43. The van der Waals surface area contributed by atoms with Crippen molar-refractivity contribution in [2.24, 2.45) is 10.7 Å². The number of H-pyrrole nitrogens is 1. The van der Waals surface area contributed by atoms with Crippen LogP contribution < -0.4 is 17.0 Å². The molecule has 0 saturated carbocycles. The Morgan fingerprint density at radius 1 is 1.59 bits per heavy atom. The number of aliphatic hydroxyl groups excluding tert-OH is 2. The zero-order valence-electron chi connectivity index (χ0n) is 12.1. The molecule has 120 valence electrons. The lowest BCUT2D eigenvalue weighted by molar-refractivity contribution is -0.213. The maximum Gasteiger partial charge on any atom is 0.330 e. The molecule has 0 aromatic carbocycles. The molecule has 0 spiro atoms. The van der Waals surface area contributed by atoms with E-state index in [-0.39, 0.29) is 5.96 Å². The van der Waals surface area contributed by atoms with E-state index in [0.717, 1.165) is 0 Å². The summed E-state index contributed by atoms with van der Waals surface area (Å²) in [6.07, 6.45) is -0.589. The summed E-state index contributed by atoms with van der Waals surface area (Å²) in [4.78, 5) is 30.9. The Hall–Kier alpha value is -2.17. The van der Waals surface area contributed by atoms with Crippen molar-refractivity contribution < 1.29 is 14.9 Å². The number of aromatic nitrogens is 2. The summed E-state index contributed by atoms with van der Waals surface area (Å²) in [5.74, 6) is 0.0843. The summed E-state index contributed by atoms with van der Waals surface area (Å²) in [6.45, 7) is 1.03. The van der Waals surface area contributed by atoms with Gasteiger partial charge in [-0.25, -0.2) is 4.79 Å². The molecule has 1 aromatic heterocycles. The van der Waals surface area contributed by atoms with Gasteiger partial charge in [0.05, 0.1) is 6.61 Å². The molecule has 4 heterocycles. The molecule has 1 unspecified atom stereocenters. The second kappa shape index (κ2) is 4.66. The van der Waals surface area contributed by atoms with Gasteiger partial charge < -0.3 is 20.7 Å². The molecule has 5 N–H and O–H groups in total. The largest absolute Gasteiger partial charge is 0.391 e. The van der Waals surface area contributed by atoms with E-state index in [1.54, 1.807) is 6.92 Å². The van der Waals surface area contributed by atoms with Crippen LogP contribution in [0.5, 0.6) is 0 Å². The molecule has 0 aliphatic carbocycles. The van der Waals surface area contributed by atoms with Gasteiger partial charge in [-0.15, -0.1) is 0 Å². The van der Waals surface area contributed by atoms with Crippen LogP contribution in [0.15, 0.2) is 20.8 Å². The quantitative estimate of drug-likeness (QED) is 0.337. The number of aryl methyl sites for hydroxylation is 1. The first-order valence-electron chi connectivity index (χ1n) is 6.67. The van der Waals surface area contributed by atoms with Crippen molar-refractivity contribution in [1.82, 2.24) is 14.5 Å². The first kappa shape index (κ1) is 14.8. The summed E-state index contributed by atoms with van der Waals surface area (Å²) >= 11 is 0. The first-order chi connectivity index (χ1) is 10.4. The van der Waals surface area contributed by atoms with E-state index in [4.69, 9.17) is 10.5 Å². The fourth-order valence-corrected chi connectivity index (χ4v) is 3.07. The predicted octanol–water partition coefficient (Wildman–Crippen LogP) is -2.95. The Kier molecular flexibility index (Phi) is 3.13. The highest BCUT2D eigenvalue weighted by molar-refractivity contribution is 5.81. The second-order valence-corrected chi connectivity index (χ2v) is 5.38. The van der Waals surface area contributed by atoms with Crippen LogP contribution in [0.25, 0.3) is 0 Å². The number of hydrogen-bond donors (Lipinski definition) is 4. The number of aromatic amines is 1. The van der Waals surface area contributed by atoms with E-state index in [1.807, 2.05) is 0 Å². The molecule has 4 atom stereocenters. The third-order valence-electron chi connectivity index (χ3n) is 4.23. The maximum atomic E-state index is 12.0. The normalized spacial score (nSPS) is 33.9. The highest BCUT2D eigenvalue weighted by atomic mass is 16.6. The number of aliphatic hydroxyl groups is 2. The van der Waals surface area contributed by atoms with Crippen LogP contribution in [0, 0.1) is 6.92 Å². The van der Waals surface area contributed by atoms with Crippen LogP contribution in [-0.4, -0.2) is 62.1 Å². The van der Waals surface area contributed by atoms with Crippen LogP contribution >= 0.6 is 0 Å². The second-order valence-electron chi connectivity index (χ2n) is 5.38. The molecule has 10 nitrogen and oxygen atoms in total. The average Bonchev–Trinajstić information content (AvgIpc) is 3.00. The van der Waals surface area contributed by atoms with Gasteiger partial charge in [0, 0.05) is 18.8 Å². The Morgan fingerprint density at radius 3 is 2.86 bits per heavy atom. The van der Waals surface area contributed by atoms with E-state index >= 15 is 0 Å². The van der Waals surface area contributed by atoms with Crippen molar-refractivity contribution in [3.8, 4) is 0 Å². The molecular weight excluding hydrogens is 294 g/mol. The Bertz CT molecular complexity index is 755. The minimum Gasteiger partial charge on any atom is -0.391 e. The molecule has 4 rings (SSSR count). The molecular formula is C12H17N5O5. The van der Waals surface area contributed by atoms with Crippen LogP contribution in [0.4, 0.5) is 0 Å². The van der Waals surface area contributed by atoms with E-state index < -0.39 is 42.0 Å². The standard InChI is InChI=1S/C12H17N5O5/c1-5-3-16(11(21)15-8(5)20)9-6-7(19)12(4-18,22-9)17(6)10(13)14-2/h3,6-7,9,18-19H,4H2,1-2H3,(H2,13,14)(H,15,20,21)/t6?,7-,9+,12+/m0/s1. The van der Waals surface area contributed by atoms with Crippen molar-refractivity contribution in [3.05, 3.63) is 32.6 Å². The van der Waals surface area contributed by atoms with E-state index in [2.05, 4.69) is 9.98 Å². The molecule has 3 saturated heterocycles. The van der Waals surface area contributed by atoms with Gasteiger partial charge >= 0.3 is 5.69 Å². The van der Waals surface area contributed by atoms with Crippen LogP contribution in [-0.2, 0) is 4.74 Å². The van der Waals surface area contributed by atoms with E-state index in [1.165, 1.54) is 22.7 Å². The SMILES string of the molecule is CN=C(N)N1C2[C@H](n3cc(C)c(=O)[nH]c3=O)O[C@]1(CO)[C@H]2O. The zero-order chi connectivity index (χ0) is 16.2. The molecule has 2 bridgehead atoms. The monoisotopic (exact) mass is 311 g/mol. The van der Waals surface area contributed by atoms with E-state index in [9.17, 15) is 19.8 Å². The molecule has 3 aliphatic heterocycles. The summed E-state index contributed by atoms with van der Waals surface area (Å²) in [6, 6.07) is -0.682.